The first-order chi connectivity index (χ1) is 7.61. The van der Waals surface area contributed by atoms with Gasteiger partial charge in [0.2, 0.25) is 0 Å². The van der Waals surface area contributed by atoms with Gasteiger partial charge in [-0.3, -0.25) is 4.79 Å². The van der Waals surface area contributed by atoms with E-state index in [2.05, 4.69) is 29.1 Å². The van der Waals surface area contributed by atoms with Crippen LogP contribution in [0, 0.1) is 5.92 Å². The minimum atomic E-state index is -0.136. The van der Waals surface area contributed by atoms with Crippen molar-refractivity contribution in [2.45, 2.75) is 27.0 Å². The van der Waals surface area contributed by atoms with Crippen LogP contribution in [0.15, 0.2) is 10.9 Å². The number of nitrogens with zero attached hydrogens (tertiary/aromatic N) is 1. The van der Waals surface area contributed by atoms with Gasteiger partial charge in [0.05, 0.1) is 5.69 Å². The lowest BCUT2D eigenvalue weighted by Gasteiger charge is -2.07. The Morgan fingerprint density at radius 3 is 2.94 bits per heavy atom. The van der Waals surface area contributed by atoms with E-state index in [0.717, 1.165) is 12.2 Å². The highest BCUT2D eigenvalue weighted by Crippen LogP contribution is 1.95. The molecule has 90 valence electrons. The molecule has 5 nitrogen and oxygen atoms in total. The van der Waals surface area contributed by atoms with Crippen LogP contribution in [0.1, 0.15) is 25.4 Å². The van der Waals surface area contributed by atoms with Crippen molar-refractivity contribution in [1.29, 1.82) is 0 Å². The fraction of sp³-hybridized carbons (Fsp3) is 0.636. The molecule has 0 aliphatic heterocycles. The molecule has 5 heteroatoms. The normalized spacial score (nSPS) is 11.0. The van der Waals surface area contributed by atoms with Crippen molar-refractivity contribution >= 4 is 0 Å². The van der Waals surface area contributed by atoms with E-state index in [1.807, 2.05) is 0 Å². The summed E-state index contributed by atoms with van der Waals surface area (Å²) in [5.41, 5.74) is 0.611. The smallest absolute Gasteiger partial charge is 0.251 e. The van der Waals surface area contributed by atoms with Crippen LogP contribution in [0.4, 0.5) is 0 Å². The van der Waals surface area contributed by atoms with Gasteiger partial charge in [-0.25, -0.2) is 4.98 Å². The first-order valence-corrected chi connectivity index (χ1v) is 5.40. The van der Waals surface area contributed by atoms with Crippen LogP contribution < -0.4 is 10.9 Å². The Hall–Kier alpha value is -1.20. The van der Waals surface area contributed by atoms with Gasteiger partial charge in [-0.15, -0.1) is 0 Å². The molecular weight excluding hydrogens is 206 g/mol. The second-order valence-electron chi connectivity index (χ2n) is 4.14. The van der Waals surface area contributed by atoms with Crippen molar-refractivity contribution in [3.05, 3.63) is 27.9 Å². The molecule has 1 heterocycles. The number of H-pyrrole nitrogens is 1. The second kappa shape index (κ2) is 6.40. The zero-order valence-corrected chi connectivity index (χ0v) is 10.0. The second-order valence-corrected chi connectivity index (χ2v) is 4.14. The van der Waals surface area contributed by atoms with Gasteiger partial charge in [-0.1, -0.05) is 13.8 Å². The molecule has 0 saturated heterocycles. The molecule has 0 atom stereocenters. The van der Waals surface area contributed by atoms with E-state index < -0.39 is 0 Å². The molecule has 2 N–H and O–H groups in total. The average molecular weight is 225 g/mol. The van der Waals surface area contributed by atoms with Gasteiger partial charge >= 0.3 is 0 Å². The molecular formula is C11H19N3O2. The van der Waals surface area contributed by atoms with E-state index in [9.17, 15) is 4.79 Å². The van der Waals surface area contributed by atoms with Crippen molar-refractivity contribution in [1.82, 2.24) is 15.3 Å². The Morgan fingerprint density at radius 1 is 1.56 bits per heavy atom. The predicted molar refractivity (Wildman–Crippen MR) is 62.1 cm³/mol. The van der Waals surface area contributed by atoms with Crippen LogP contribution in [-0.2, 0) is 17.9 Å². The zero-order chi connectivity index (χ0) is 12.0. The van der Waals surface area contributed by atoms with Crippen LogP contribution in [0.5, 0.6) is 0 Å². The Labute approximate surface area is 95.3 Å². The Bertz CT molecular complexity index is 374. The number of aromatic amines is 1. The summed E-state index contributed by atoms with van der Waals surface area (Å²) in [7, 11) is 1.57. The lowest BCUT2D eigenvalue weighted by molar-refractivity contribution is 0.177. The maximum Gasteiger partial charge on any atom is 0.251 e. The molecule has 0 aliphatic rings. The van der Waals surface area contributed by atoms with Crippen molar-refractivity contribution in [3.8, 4) is 0 Å². The van der Waals surface area contributed by atoms with Crippen molar-refractivity contribution < 1.29 is 4.74 Å². The van der Waals surface area contributed by atoms with Crippen molar-refractivity contribution in [2.75, 3.05) is 13.7 Å². The standard InChI is InChI=1S/C11H19N3O2/c1-8(2)5-12-6-9-4-11(15)14-10(13-9)7-16-3/h4,8,12H,5-7H2,1-3H3,(H,13,14,15). The van der Waals surface area contributed by atoms with E-state index in [4.69, 9.17) is 4.74 Å². The number of rotatable bonds is 6. The number of hydrogen-bond donors (Lipinski definition) is 2. The summed E-state index contributed by atoms with van der Waals surface area (Å²) in [4.78, 5) is 18.2. The molecule has 0 saturated carbocycles. The summed E-state index contributed by atoms with van der Waals surface area (Å²) in [6.07, 6.45) is 0. The summed E-state index contributed by atoms with van der Waals surface area (Å²) < 4.78 is 4.93. The minimum Gasteiger partial charge on any atom is -0.377 e. The summed E-state index contributed by atoms with van der Waals surface area (Å²) in [5.74, 6) is 1.15. The van der Waals surface area contributed by atoms with E-state index in [1.54, 1.807) is 7.11 Å². The van der Waals surface area contributed by atoms with E-state index in [-0.39, 0.29) is 5.56 Å². The lowest BCUT2D eigenvalue weighted by atomic mass is 10.2. The molecule has 0 spiro atoms. The van der Waals surface area contributed by atoms with Crippen LogP contribution in [0.25, 0.3) is 0 Å². The summed E-state index contributed by atoms with van der Waals surface area (Å²) >= 11 is 0. The Morgan fingerprint density at radius 2 is 2.31 bits per heavy atom. The van der Waals surface area contributed by atoms with E-state index >= 15 is 0 Å². The maximum atomic E-state index is 11.3. The van der Waals surface area contributed by atoms with Gasteiger partial charge in [0, 0.05) is 19.7 Å². The zero-order valence-electron chi connectivity index (χ0n) is 10.0. The van der Waals surface area contributed by atoms with Gasteiger partial charge in [-0.2, -0.15) is 0 Å². The molecule has 16 heavy (non-hydrogen) atoms. The maximum absolute atomic E-state index is 11.3. The highest BCUT2D eigenvalue weighted by molar-refractivity contribution is 5.02. The highest BCUT2D eigenvalue weighted by Gasteiger charge is 2.01. The first kappa shape index (κ1) is 12.9. The van der Waals surface area contributed by atoms with Gasteiger partial charge < -0.3 is 15.0 Å². The fourth-order valence-corrected chi connectivity index (χ4v) is 1.35. The van der Waals surface area contributed by atoms with Crippen LogP contribution in [0.2, 0.25) is 0 Å². The van der Waals surface area contributed by atoms with Crippen LogP contribution in [-0.4, -0.2) is 23.6 Å². The molecule has 0 aromatic carbocycles. The third kappa shape index (κ3) is 4.55. The average Bonchev–Trinajstić information content (AvgIpc) is 2.16. The highest BCUT2D eigenvalue weighted by atomic mass is 16.5. The van der Waals surface area contributed by atoms with Gasteiger partial charge in [0.1, 0.15) is 12.4 Å². The van der Waals surface area contributed by atoms with Gasteiger partial charge in [-0.05, 0) is 12.5 Å². The molecule has 0 bridgehead atoms. The van der Waals surface area contributed by atoms with Gasteiger partial charge in [0.25, 0.3) is 5.56 Å². The predicted octanol–water partition coefficient (Wildman–Crippen LogP) is 0.662. The number of ether oxygens (including phenoxy) is 1. The lowest BCUT2D eigenvalue weighted by Crippen LogP contribution is -2.22. The quantitative estimate of drug-likeness (QED) is 0.746. The Kier molecular flexibility index (Phi) is 5.14. The summed E-state index contributed by atoms with van der Waals surface area (Å²) in [6, 6.07) is 1.51. The molecule has 0 unspecified atom stereocenters. The van der Waals surface area contributed by atoms with Crippen molar-refractivity contribution in [3.63, 3.8) is 0 Å². The topological polar surface area (TPSA) is 67.0 Å². The minimum absolute atomic E-state index is 0.136. The monoisotopic (exact) mass is 225 g/mol. The molecule has 0 radical (unpaired) electrons. The van der Waals surface area contributed by atoms with Gasteiger partial charge in [0.15, 0.2) is 0 Å². The molecule has 1 aromatic heterocycles. The molecule has 1 aromatic rings. The van der Waals surface area contributed by atoms with E-state index in [0.29, 0.717) is 24.9 Å². The fourth-order valence-electron chi connectivity index (χ4n) is 1.35. The molecule has 0 amide bonds. The molecule has 0 fully saturated rings. The van der Waals surface area contributed by atoms with Crippen LogP contribution in [0.3, 0.4) is 0 Å². The van der Waals surface area contributed by atoms with Crippen LogP contribution >= 0.6 is 0 Å². The first-order valence-electron chi connectivity index (χ1n) is 5.40. The number of aromatic nitrogens is 2. The SMILES string of the molecule is COCc1nc(CNCC(C)C)cc(=O)[nH]1. The number of nitrogens with one attached hydrogen (secondary N) is 2. The van der Waals surface area contributed by atoms with Crippen molar-refractivity contribution in [2.24, 2.45) is 5.92 Å². The largest absolute Gasteiger partial charge is 0.377 e. The Balaban J connectivity index is 2.61. The number of methoxy groups -OCH3 is 1. The number of hydrogen-bond acceptors (Lipinski definition) is 4. The molecule has 0 aliphatic carbocycles. The molecule has 1 rings (SSSR count). The van der Waals surface area contributed by atoms with E-state index in [1.165, 1.54) is 6.07 Å². The summed E-state index contributed by atoms with van der Waals surface area (Å²) in [5, 5.41) is 3.24. The summed E-state index contributed by atoms with van der Waals surface area (Å²) in [6.45, 7) is 6.11. The third-order valence-corrected chi connectivity index (χ3v) is 1.98. The third-order valence-electron chi connectivity index (χ3n) is 1.98.